The summed E-state index contributed by atoms with van der Waals surface area (Å²) in [5.41, 5.74) is 1.55. The van der Waals surface area contributed by atoms with E-state index in [0.29, 0.717) is 16.9 Å². The predicted octanol–water partition coefficient (Wildman–Crippen LogP) is 0.705. The van der Waals surface area contributed by atoms with Crippen molar-refractivity contribution >= 4 is 17.2 Å². The second-order valence-electron chi connectivity index (χ2n) is 3.39. The zero-order valence-electron chi connectivity index (χ0n) is 8.66. The molecule has 0 unspecified atom stereocenters. The highest BCUT2D eigenvalue weighted by molar-refractivity contribution is 6.07. The van der Waals surface area contributed by atoms with Crippen molar-refractivity contribution in [3.63, 3.8) is 0 Å². The minimum absolute atomic E-state index is 0.264. The number of fused-ring (bicyclic) bond motifs is 1. The number of hydrogen-bond acceptors (Lipinski definition) is 4. The summed E-state index contributed by atoms with van der Waals surface area (Å²) in [5.74, 6) is -0.264. The Bertz CT molecular complexity index is 656. The summed E-state index contributed by atoms with van der Waals surface area (Å²) in [4.78, 5) is 16.0. The van der Waals surface area contributed by atoms with Crippen LogP contribution < -0.4 is 5.32 Å². The number of H-pyrrole nitrogens is 1. The lowest BCUT2D eigenvalue weighted by molar-refractivity contribution is 0.102. The Balaban J connectivity index is 1.96. The van der Waals surface area contributed by atoms with E-state index in [2.05, 4.69) is 25.6 Å². The van der Waals surface area contributed by atoms with Crippen molar-refractivity contribution in [2.24, 2.45) is 0 Å². The molecular weight excluding hydrogens is 220 g/mol. The number of rotatable bonds is 2. The number of nitrogens with one attached hydrogen (secondary N) is 2. The van der Waals surface area contributed by atoms with Gasteiger partial charge in [-0.3, -0.25) is 9.89 Å². The number of aromatic nitrogens is 5. The molecule has 0 saturated carbocycles. The molecule has 3 aromatic heterocycles. The lowest BCUT2D eigenvalue weighted by Gasteiger charge is -1.99. The van der Waals surface area contributed by atoms with E-state index in [-0.39, 0.29) is 5.91 Å². The van der Waals surface area contributed by atoms with Gasteiger partial charge >= 0.3 is 0 Å². The quantitative estimate of drug-likeness (QED) is 0.676. The number of carbonyl (C=O) groups is 1. The molecule has 0 aliphatic carbocycles. The molecular formula is C10H8N6O. The molecule has 0 aliphatic heterocycles. The average molecular weight is 228 g/mol. The first kappa shape index (κ1) is 9.52. The highest BCUT2D eigenvalue weighted by Crippen LogP contribution is 2.10. The molecule has 0 aliphatic rings. The summed E-state index contributed by atoms with van der Waals surface area (Å²) >= 11 is 0. The van der Waals surface area contributed by atoms with Crippen LogP contribution in [0.1, 0.15) is 10.4 Å². The van der Waals surface area contributed by atoms with E-state index < -0.39 is 0 Å². The number of hydrogen-bond donors (Lipinski definition) is 2. The van der Waals surface area contributed by atoms with E-state index in [4.69, 9.17) is 0 Å². The Hall–Kier alpha value is -2.70. The Morgan fingerprint density at radius 1 is 1.41 bits per heavy atom. The monoisotopic (exact) mass is 228 g/mol. The number of aromatic amines is 1. The minimum Gasteiger partial charge on any atom is -0.319 e. The van der Waals surface area contributed by atoms with Gasteiger partial charge in [0.2, 0.25) is 0 Å². The molecule has 0 atom stereocenters. The molecule has 0 aromatic carbocycles. The molecule has 1 amide bonds. The van der Waals surface area contributed by atoms with Crippen LogP contribution in [0.15, 0.2) is 37.1 Å². The molecule has 3 rings (SSSR count). The predicted molar refractivity (Wildman–Crippen MR) is 59.5 cm³/mol. The van der Waals surface area contributed by atoms with E-state index in [1.165, 1.54) is 12.4 Å². The second-order valence-corrected chi connectivity index (χ2v) is 3.39. The smallest absolute Gasteiger partial charge is 0.261 e. The fraction of sp³-hybridized carbons (Fsp3) is 0. The van der Waals surface area contributed by atoms with E-state index in [1.54, 1.807) is 29.2 Å². The van der Waals surface area contributed by atoms with Crippen molar-refractivity contribution < 1.29 is 4.79 Å². The molecule has 7 heteroatoms. The van der Waals surface area contributed by atoms with Crippen molar-refractivity contribution in [3.05, 3.63) is 42.6 Å². The van der Waals surface area contributed by atoms with Crippen LogP contribution in [0.5, 0.6) is 0 Å². The van der Waals surface area contributed by atoms with Crippen LogP contribution in [0.25, 0.3) is 5.65 Å². The zero-order valence-corrected chi connectivity index (χ0v) is 8.66. The molecule has 0 bridgehead atoms. The highest BCUT2D eigenvalue weighted by atomic mass is 16.1. The summed E-state index contributed by atoms with van der Waals surface area (Å²) < 4.78 is 1.55. The van der Waals surface area contributed by atoms with Gasteiger partial charge in [-0.05, 0) is 6.07 Å². The molecule has 0 spiro atoms. The van der Waals surface area contributed by atoms with Gasteiger partial charge in [-0.1, -0.05) is 0 Å². The molecule has 0 radical (unpaired) electrons. The van der Waals surface area contributed by atoms with E-state index in [0.717, 1.165) is 0 Å². The Kier molecular flexibility index (Phi) is 2.08. The lowest BCUT2D eigenvalue weighted by Crippen LogP contribution is -2.11. The Morgan fingerprint density at radius 2 is 2.35 bits per heavy atom. The van der Waals surface area contributed by atoms with Gasteiger partial charge in [-0.2, -0.15) is 10.2 Å². The van der Waals surface area contributed by atoms with Crippen molar-refractivity contribution in [3.8, 4) is 0 Å². The number of carbonyl (C=O) groups excluding carboxylic acids is 1. The summed E-state index contributed by atoms with van der Waals surface area (Å²) in [5, 5.41) is 13.1. The molecule has 17 heavy (non-hydrogen) atoms. The summed E-state index contributed by atoms with van der Waals surface area (Å²) in [6.45, 7) is 0. The third-order valence-electron chi connectivity index (χ3n) is 2.28. The van der Waals surface area contributed by atoms with Gasteiger partial charge in [0.05, 0.1) is 18.1 Å². The van der Waals surface area contributed by atoms with Crippen LogP contribution in [-0.4, -0.2) is 30.7 Å². The first-order valence-corrected chi connectivity index (χ1v) is 4.93. The van der Waals surface area contributed by atoms with Gasteiger partial charge in [0.1, 0.15) is 5.56 Å². The van der Waals surface area contributed by atoms with Crippen LogP contribution in [0.2, 0.25) is 0 Å². The molecule has 0 fully saturated rings. The van der Waals surface area contributed by atoms with Crippen molar-refractivity contribution in [1.29, 1.82) is 0 Å². The molecule has 3 aromatic rings. The third kappa shape index (κ3) is 1.63. The third-order valence-corrected chi connectivity index (χ3v) is 2.28. The average Bonchev–Trinajstić information content (AvgIpc) is 2.96. The number of anilines is 1. The van der Waals surface area contributed by atoms with E-state index in [1.807, 2.05) is 0 Å². The van der Waals surface area contributed by atoms with Crippen LogP contribution in [-0.2, 0) is 0 Å². The van der Waals surface area contributed by atoms with Crippen LogP contribution in [0.3, 0.4) is 0 Å². The van der Waals surface area contributed by atoms with Gasteiger partial charge in [-0.25, -0.2) is 9.50 Å². The fourth-order valence-electron chi connectivity index (χ4n) is 1.51. The zero-order chi connectivity index (χ0) is 11.7. The Labute approximate surface area is 95.5 Å². The number of amides is 1. The van der Waals surface area contributed by atoms with Crippen LogP contribution in [0.4, 0.5) is 5.69 Å². The van der Waals surface area contributed by atoms with Crippen LogP contribution in [0, 0.1) is 0 Å². The molecule has 84 valence electrons. The lowest BCUT2D eigenvalue weighted by atomic mass is 10.3. The maximum atomic E-state index is 11.9. The largest absolute Gasteiger partial charge is 0.319 e. The van der Waals surface area contributed by atoms with E-state index in [9.17, 15) is 4.79 Å². The SMILES string of the molecule is O=C(Nc1cn[nH]c1)c1cnn2cccnc12. The molecule has 3 heterocycles. The summed E-state index contributed by atoms with van der Waals surface area (Å²) in [6.07, 6.45) is 7.95. The number of nitrogens with zero attached hydrogens (tertiary/aromatic N) is 4. The first-order chi connectivity index (χ1) is 8.34. The van der Waals surface area contributed by atoms with Gasteiger partial charge in [0.25, 0.3) is 5.91 Å². The minimum atomic E-state index is -0.264. The van der Waals surface area contributed by atoms with Crippen molar-refractivity contribution in [2.75, 3.05) is 5.32 Å². The topological polar surface area (TPSA) is 88.0 Å². The van der Waals surface area contributed by atoms with E-state index >= 15 is 0 Å². The molecule has 7 nitrogen and oxygen atoms in total. The van der Waals surface area contributed by atoms with Gasteiger partial charge in [0, 0.05) is 18.6 Å². The second kappa shape index (κ2) is 3.71. The summed E-state index contributed by atoms with van der Waals surface area (Å²) in [6, 6.07) is 1.75. The van der Waals surface area contributed by atoms with Crippen LogP contribution >= 0.6 is 0 Å². The van der Waals surface area contributed by atoms with Crippen molar-refractivity contribution in [2.45, 2.75) is 0 Å². The fourth-order valence-corrected chi connectivity index (χ4v) is 1.51. The first-order valence-electron chi connectivity index (χ1n) is 4.93. The van der Waals surface area contributed by atoms with Gasteiger partial charge in [0.15, 0.2) is 5.65 Å². The normalized spacial score (nSPS) is 10.6. The maximum absolute atomic E-state index is 11.9. The summed E-state index contributed by atoms with van der Waals surface area (Å²) in [7, 11) is 0. The molecule has 2 N–H and O–H groups in total. The maximum Gasteiger partial charge on any atom is 0.261 e. The van der Waals surface area contributed by atoms with Gasteiger partial charge in [-0.15, -0.1) is 0 Å². The standard InChI is InChI=1S/C10H8N6O/c17-10(15-7-4-12-13-5-7)8-6-14-16-3-1-2-11-9(8)16/h1-6H,(H,12,13)(H,15,17). The van der Waals surface area contributed by atoms with Crippen molar-refractivity contribution in [1.82, 2.24) is 24.8 Å². The van der Waals surface area contributed by atoms with Gasteiger partial charge < -0.3 is 5.32 Å². The Morgan fingerprint density at radius 3 is 3.18 bits per heavy atom. The highest BCUT2D eigenvalue weighted by Gasteiger charge is 2.13. The molecule has 0 saturated heterocycles.